The topological polar surface area (TPSA) is 69.2 Å². The second kappa shape index (κ2) is 8.30. The van der Waals surface area contributed by atoms with Gasteiger partial charge in [-0.3, -0.25) is 9.88 Å². The molecule has 1 saturated heterocycles. The van der Waals surface area contributed by atoms with Crippen LogP contribution in [0.3, 0.4) is 0 Å². The summed E-state index contributed by atoms with van der Waals surface area (Å²) in [5, 5.41) is 5.68. The van der Waals surface area contributed by atoms with Crippen molar-refractivity contribution >= 4 is 23.1 Å². The van der Waals surface area contributed by atoms with E-state index in [-0.39, 0.29) is 12.2 Å². The molecule has 0 spiro atoms. The summed E-state index contributed by atoms with van der Waals surface area (Å²) in [6.07, 6.45) is 2.11. The number of hydrogen-bond acceptors (Lipinski definition) is 7. The highest BCUT2D eigenvalue weighted by Crippen LogP contribution is 2.31. The number of rotatable bonds is 4. The maximum absolute atomic E-state index is 5.96. The maximum atomic E-state index is 5.96. The van der Waals surface area contributed by atoms with E-state index in [2.05, 4.69) is 23.7 Å². The Morgan fingerprint density at radius 3 is 2.58 bits per heavy atom. The van der Waals surface area contributed by atoms with E-state index in [0.717, 1.165) is 40.9 Å². The van der Waals surface area contributed by atoms with Crippen LogP contribution in [-0.4, -0.2) is 49.9 Å². The summed E-state index contributed by atoms with van der Waals surface area (Å²) in [7, 11) is 0. The Morgan fingerprint density at radius 2 is 1.81 bits per heavy atom. The number of benzene rings is 1. The Balaban J connectivity index is 1.55. The van der Waals surface area contributed by atoms with Crippen LogP contribution in [0.1, 0.15) is 13.8 Å². The van der Waals surface area contributed by atoms with Crippen molar-refractivity contribution in [3.63, 3.8) is 0 Å². The molecule has 1 fully saturated rings. The number of nitrogens with zero attached hydrogens (tertiary/aromatic N) is 5. The van der Waals surface area contributed by atoms with Gasteiger partial charge in [-0.15, -0.1) is 5.10 Å². The first-order chi connectivity index (χ1) is 15.1. The van der Waals surface area contributed by atoms with Gasteiger partial charge in [0.2, 0.25) is 5.89 Å². The van der Waals surface area contributed by atoms with Gasteiger partial charge in [0.25, 0.3) is 4.84 Å². The summed E-state index contributed by atoms with van der Waals surface area (Å²) in [6, 6.07) is 15.7. The van der Waals surface area contributed by atoms with E-state index in [4.69, 9.17) is 31.5 Å². The van der Waals surface area contributed by atoms with Crippen molar-refractivity contribution in [1.82, 2.24) is 24.6 Å². The predicted octanol–water partition coefficient (Wildman–Crippen LogP) is 4.55. The van der Waals surface area contributed by atoms with Crippen LogP contribution in [0.4, 0.5) is 0 Å². The molecule has 4 aromatic rings. The molecule has 1 aliphatic heterocycles. The van der Waals surface area contributed by atoms with Crippen molar-refractivity contribution in [2.45, 2.75) is 32.7 Å². The number of hydrogen-bond donors (Lipinski definition) is 0. The van der Waals surface area contributed by atoms with E-state index in [1.54, 1.807) is 10.9 Å². The zero-order chi connectivity index (χ0) is 21.4. The molecule has 1 aromatic carbocycles. The van der Waals surface area contributed by atoms with Gasteiger partial charge in [-0.2, -0.15) is 0 Å². The number of para-hydroxylation sites is 1. The molecule has 158 valence electrons. The molecular weight excluding hydrogens is 410 g/mol. The molecule has 0 aliphatic carbocycles. The van der Waals surface area contributed by atoms with E-state index < -0.39 is 0 Å². The molecule has 7 nitrogen and oxygen atoms in total. The van der Waals surface area contributed by atoms with Crippen LogP contribution in [0, 0.1) is 4.84 Å². The Hall–Kier alpha value is -2.94. The van der Waals surface area contributed by atoms with Gasteiger partial charge in [-0.1, -0.05) is 24.3 Å². The van der Waals surface area contributed by atoms with Crippen LogP contribution in [0.25, 0.3) is 33.7 Å². The lowest BCUT2D eigenvalue weighted by Crippen LogP contribution is -2.46. The van der Waals surface area contributed by atoms with Crippen molar-refractivity contribution < 1.29 is 9.15 Å². The predicted molar refractivity (Wildman–Crippen MR) is 121 cm³/mol. The molecule has 1 aliphatic rings. The number of fused-ring (bicyclic) bond motifs is 1. The molecule has 0 unspecified atom stereocenters. The fourth-order valence-electron chi connectivity index (χ4n) is 4.09. The summed E-state index contributed by atoms with van der Waals surface area (Å²) in [5.74, 6) is 0.482. The molecule has 0 amide bonds. The van der Waals surface area contributed by atoms with Gasteiger partial charge >= 0.3 is 0 Å². The summed E-state index contributed by atoms with van der Waals surface area (Å²) in [6.45, 7) is 6.39. The highest BCUT2D eigenvalue weighted by molar-refractivity contribution is 7.71. The fourth-order valence-corrected chi connectivity index (χ4v) is 4.27. The second-order valence-electron chi connectivity index (χ2n) is 7.89. The van der Waals surface area contributed by atoms with Crippen LogP contribution in [0.15, 0.2) is 59.1 Å². The standard InChI is InChI=1S/C23H23N5O2S/c1-15-12-27(13-16(2)29-15)14-28-23(31)30-22(26-28)18-11-21(20-9-5-6-10-24-20)25-19-8-4-3-7-17(18)19/h3-11,15-16H,12-14H2,1-2H3/t15-,16-/m1/s1. The first-order valence-electron chi connectivity index (χ1n) is 10.3. The minimum absolute atomic E-state index is 0.175. The average Bonchev–Trinajstić information content (AvgIpc) is 3.13. The van der Waals surface area contributed by atoms with Crippen LogP contribution in [0.2, 0.25) is 0 Å². The summed E-state index contributed by atoms with van der Waals surface area (Å²) in [5.41, 5.74) is 3.26. The smallest absolute Gasteiger partial charge is 0.288 e. The molecule has 2 atom stereocenters. The molecule has 4 heterocycles. The third kappa shape index (κ3) is 4.14. The monoisotopic (exact) mass is 433 g/mol. The Kier molecular flexibility index (Phi) is 5.35. The lowest BCUT2D eigenvalue weighted by Gasteiger charge is -2.34. The zero-order valence-corrected chi connectivity index (χ0v) is 18.2. The highest BCUT2D eigenvalue weighted by Gasteiger charge is 2.23. The first-order valence-corrected chi connectivity index (χ1v) is 10.7. The summed E-state index contributed by atoms with van der Waals surface area (Å²) in [4.78, 5) is 11.9. The Morgan fingerprint density at radius 1 is 1.03 bits per heavy atom. The third-order valence-corrected chi connectivity index (χ3v) is 5.60. The third-order valence-electron chi connectivity index (χ3n) is 5.31. The molecule has 0 bridgehead atoms. The van der Waals surface area contributed by atoms with E-state index in [1.807, 2.05) is 48.5 Å². The van der Waals surface area contributed by atoms with Crippen LogP contribution < -0.4 is 0 Å². The minimum atomic E-state index is 0.175. The van der Waals surface area contributed by atoms with Crippen molar-refractivity contribution in [3.05, 3.63) is 59.6 Å². The number of aromatic nitrogens is 4. The molecule has 8 heteroatoms. The van der Waals surface area contributed by atoms with Gasteiger partial charge in [-0.25, -0.2) is 9.67 Å². The van der Waals surface area contributed by atoms with E-state index in [9.17, 15) is 0 Å². The molecular formula is C23H23N5O2S. The molecule has 0 N–H and O–H groups in total. The van der Waals surface area contributed by atoms with E-state index in [1.165, 1.54) is 0 Å². The Labute approximate surface area is 185 Å². The van der Waals surface area contributed by atoms with E-state index >= 15 is 0 Å². The van der Waals surface area contributed by atoms with Crippen LogP contribution >= 0.6 is 12.2 Å². The van der Waals surface area contributed by atoms with Gasteiger partial charge in [0.15, 0.2) is 0 Å². The van der Waals surface area contributed by atoms with Crippen molar-refractivity contribution in [2.24, 2.45) is 0 Å². The largest absolute Gasteiger partial charge is 0.409 e. The molecule has 0 radical (unpaired) electrons. The van der Waals surface area contributed by atoms with Crippen molar-refractivity contribution in [3.8, 4) is 22.8 Å². The Bertz CT molecular complexity index is 1260. The fraction of sp³-hybridized carbons (Fsp3) is 0.304. The summed E-state index contributed by atoms with van der Waals surface area (Å²) >= 11 is 5.50. The van der Waals surface area contributed by atoms with Crippen LogP contribution in [-0.2, 0) is 11.4 Å². The van der Waals surface area contributed by atoms with Gasteiger partial charge in [0.1, 0.15) is 0 Å². The highest BCUT2D eigenvalue weighted by atomic mass is 32.1. The van der Waals surface area contributed by atoms with Gasteiger partial charge in [-0.05, 0) is 50.3 Å². The number of ether oxygens (including phenoxy) is 1. The lowest BCUT2D eigenvalue weighted by molar-refractivity contribution is -0.0778. The summed E-state index contributed by atoms with van der Waals surface area (Å²) < 4.78 is 13.5. The second-order valence-corrected chi connectivity index (χ2v) is 8.24. The lowest BCUT2D eigenvalue weighted by atomic mass is 10.1. The quantitative estimate of drug-likeness (QED) is 0.437. The SMILES string of the molecule is C[C@@H]1CN(Cn2nc(-c3cc(-c4ccccn4)nc4ccccc34)oc2=S)C[C@@H](C)O1. The van der Waals surface area contributed by atoms with Gasteiger partial charge in [0.05, 0.1) is 41.3 Å². The normalized spacial score (nSPS) is 19.7. The van der Waals surface area contributed by atoms with Gasteiger partial charge in [0, 0.05) is 24.7 Å². The number of morpholine rings is 1. The zero-order valence-electron chi connectivity index (χ0n) is 17.4. The number of pyridine rings is 2. The molecule has 0 saturated carbocycles. The maximum Gasteiger partial charge on any atom is 0.288 e. The van der Waals surface area contributed by atoms with E-state index in [0.29, 0.717) is 17.4 Å². The molecule has 31 heavy (non-hydrogen) atoms. The average molecular weight is 434 g/mol. The minimum Gasteiger partial charge on any atom is -0.409 e. The first kappa shape index (κ1) is 20.0. The van der Waals surface area contributed by atoms with Crippen molar-refractivity contribution in [2.75, 3.05) is 13.1 Å². The molecule has 5 rings (SSSR count). The molecule has 3 aromatic heterocycles. The van der Waals surface area contributed by atoms with Crippen LogP contribution in [0.5, 0.6) is 0 Å². The van der Waals surface area contributed by atoms with Gasteiger partial charge < -0.3 is 9.15 Å². The van der Waals surface area contributed by atoms with Crippen molar-refractivity contribution in [1.29, 1.82) is 0 Å².